The van der Waals surface area contributed by atoms with Crippen molar-refractivity contribution in [3.05, 3.63) is 5.82 Å². The summed E-state index contributed by atoms with van der Waals surface area (Å²) in [7, 11) is 0. The van der Waals surface area contributed by atoms with Gasteiger partial charge in [-0.05, 0) is 29.2 Å². The Morgan fingerprint density at radius 1 is 1.33 bits per heavy atom. The quantitative estimate of drug-likeness (QED) is 0.788. The molecule has 1 saturated carbocycles. The number of tetrazole rings is 1. The van der Waals surface area contributed by atoms with Crippen LogP contribution in [-0.4, -0.2) is 20.2 Å². The molecule has 0 spiro atoms. The van der Waals surface area contributed by atoms with Crippen LogP contribution in [0.4, 0.5) is 0 Å². The Bertz CT molecular complexity index is 290. The molecule has 0 aromatic carbocycles. The van der Waals surface area contributed by atoms with Crippen molar-refractivity contribution >= 4 is 0 Å². The van der Waals surface area contributed by atoms with E-state index in [1.807, 2.05) is 4.68 Å². The van der Waals surface area contributed by atoms with Crippen LogP contribution in [0.15, 0.2) is 0 Å². The number of nitrogens with zero attached hydrogens (tertiary/aromatic N) is 4. The first kappa shape index (κ1) is 10.5. The van der Waals surface area contributed by atoms with Gasteiger partial charge in [-0.25, -0.2) is 4.68 Å². The van der Waals surface area contributed by atoms with Gasteiger partial charge in [0.15, 0.2) is 5.82 Å². The average molecular weight is 209 g/mol. The molecule has 0 saturated heterocycles. The number of hydrogen-bond acceptors (Lipinski definition) is 4. The Morgan fingerprint density at radius 3 is 2.87 bits per heavy atom. The molecule has 1 aromatic heterocycles. The Balaban J connectivity index is 1.73. The van der Waals surface area contributed by atoms with E-state index in [-0.39, 0.29) is 0 Å². The van der Waals surface area contributed by atoms with Gasteiger partial charge >= 0.3 is 0 Å². The predicted molar refractivity (Wildman–Crippen MR) is 56.9 cm³/mol. The van der Waals surface area contributed by atoms with E-state index >= 15 is 0 Å². The molecular weight excluding hydrogens is 190 g/mol. The normalized spacial score (nSPS) is 17.4. The van der Waals surface area contributed by atoms with E-state index in [2.05, 4.69) is 15.5 Å². The second kappa shape index (κ2) is 5.21. The molecule has 1 heterocycles. The van der Waals surface area contributed by atoms with Crippen molar-refractivity contribution in [1.29, 1.82) is 0 Å². The largest absolute Gasteiger partial charge is 0.324 e. The van der Waals surface area contributed by atoms with Crippen molar-refractivity contribution in [2.24, 2.45) is 11.7 Å². The molecule has 1 aliphatic rings. The van der Waals surface area contributed by atoms with Crippen LogP contribution in [0.2, 0.25) is 0 Å². The molecule has 15 heavy (non-hydrogen) atoms. The maximum absolute atomic E-state index is 5.53. The molecule has 0 atom stereocenters. The maximum atomic E-state index is 5.53. The number of aryl methyl sites for hydroxylation is 1. The molecule has 0 amide bonds. The molecular formula is C10H19N5. The molecule has 0 radical (unpaired) electrons. The van der Waals surface area contributed by atoms with Gasteiger partial charge in [-0.15, -0.1) is 5.10 Å². The average Bonchev–Trinajstić information content (AvgIpc) is 2.88. The SMILES string of the molecule is NCc1nnnn1CCCC1CCCC1. The highest BCUT2D eigenvalue weighted by Gasteiger charge is 2.14. The Kier molecular flexibility index (Phi) is 3.66. The molecule has 1 aromatic rings. The van der Waals surface area contributed by atoms with Gasteiger partial charge < -0.3 is 5.73 Å². The van der Waals surface area contributed by atoms with Crippen molar-refractivity contribution in [2.45, 2.75) is 51.6 Å². The highest BCUT2D eigenvalue weighted by atomic mass is 15.5. The van der Waals surface area contributed by atoms with Gasteiger partial charge in [0.25, 0.3) is 0 Å². The van der Waals surface area contributed by atoms with Crippen LogP contribution in [0.25, 0.3) is 0 Å². The molecule has 0 aliphatic heterocycles. The minimum Gasteiger partial charge on any atom is -0.324 e. The van der Waals surface area contributed by atoms with Crippen molar-refractivity contribution < 1.29 is 0 Å². The summed E-state index contributed by atoms with van der Waals surface area (Å²) < 4.78 is 1.83. The zero-order chi connectivity index (χ0) is 10.5. The molecule has 5 nitrogen and oxygen atoms in total. The van der Waals surface area contributed by atoms with Gasteiger partial charge in [-0.3, -0.25) is 0 Å². The lowest BCUT2D eigenvalue weighted by Crippen LogP contribution is -2.10. The Hall–Kier alpha value is -0.970. The van der Waals surface area contributed by atoms with Gasteiger partial charge in [0, 0.05) is 6.54 Å². The standard InChI is InChI=1S/C10H19N5/c11-8-10-12-13-14-15(10)7-3-6-9-4-1-2-5-9/h9H,1-8,11H2. The molecule has 1 fully saturated rings. The zero-order valence-electron chi connectivity index (χ0n) is 9.10. The fourth-order valence-electron chi connectivity index (χ4n) is 2.37. The summed E-state index contributed by atoms with van der Waals surface area (Å²) in [4.78, 5) is 0. The lowest BCUT2D eigenvalue weighted by atomic mass is 10.0. The first-order chi connectivity index (χ1) is 7.40. The third-order valence-corrected chi connectivity index (χ3v) is 3.25. The predicted octanol–water partition coefficient (Wildman–Crippen LogP) is 1.10. The Morgan fingerprint density at radius 2 is 2.13 bits per heavy atom. The summed E-state index contributed by atoms with van der Waals surface area (Å²) in [5.41, 5.74) is 5.53. The summed E-state index contributed by atoms with van der Waals surface area (Å²) in [6, 6.07) is 0. The van der Waals surface area contributed by atoms with E-state index in [0.29, 0.717) is 6.54 Å². The summed E-state index contributed by atoms with van der Waals surface area (Å²) >= 11 is 0. The van der Waals surface area contributed by atoms with Crippen LogP contribution in [0, 0.1) is 5.92 Å². The van der Waals surface area contributed by atoms with Gasteiger partial charge in [-0.1, -0.05) is 25.7 Å². The van der Waals surface area contributed by atoms with E-state index in [1.165, 1.54) is 38.5 Å². The van der Waals surface area contributed by atoms with Gasteiger partial charge in [0.1, 0.15) is 0 Å². The fourth-order valence-corrected chi connectivity index (χ4v) is 2.37. The second-order valence-electron chi connectivity index (χ2n) is 4.32. The third kappa shape index (κ3) is 2.75. The molecule has 2 rings (SSSR count). The van der Waals surface area contributed by atoms with Crippen LogP contribution in [0.3, 0.4) is 0 Å². The molecule has 0 unspecified atom stereocenters. The highest BCUT2D eigenvalue weighted by Crippen LogP contribution is 2.28. The van der Waals surface area contributed by atoms with E-state index in [1.54, 1.807) is 0 Å². The molecule has 1 aliphatic carbocycles. The van der Waals surface area contributed by atoms with E-state index in [9.17, 15) is 0 Å². The van der Waals surface area contributed by atoms with Crippen LogP contribution in [0.5, 0.6) is 0 Å². The minimum absolute atomic E-state index is 0.427. The monoisotopic (exact) mass is 209 g/mol. The molecule has 84 valence electrons. The van der Waals surface area contributed by atoms with Crippen LogP contribution in [0.1, 0.15) is 44.3 Å². The number of nitrogens with two attached hydrogens (primary N) is 1. The highest BCUT2D eigenvalue weighted by molar-refractivity contribution is 4.78. The topological polar surface area (TPSA) is 69.6 Å². The fraction of sp³-hybridized carbons (Fsp3) is 0.900. The lowest BCUT2D eigenvalue weighted by molar-refractivity contribution is 0.437. The summed E-state index contributed by atoms with van der Waals surface area (Å²) in [5.74, 6) is 1.74. The number of rotatable bonds is 5. The van der Waals surface area contributed by atoms with Crippen LogP contribution >= 0.6 is 0 Å². The van der Waals surface area contributed by atoms with Crippen molar-refractivity contribution in [3.8, 4) is 0 Å². The maximum Gasteiger partial charge on any atom is 0.164 e. The summed E-state index contributed by atoms with van der Waals surface area (Å²) in [6.45, 7) is 1.34. The molecule has 0 bridgehead atoms. The van der Waals surface area contributed by atoms with E-state index in [0.717, 1.165) is 18.3 Å². The van der Waals surface area contributed by atoms with E-state index in [4.69, 9.17) is 5.73 Å². The summed E-state index contributed by atoms with van der Waals surface area (Å²) in [6.07, 6.45) is 8.15. The first-order valence-electron chi connectivity index (χ1n) is 5.85. The van der Waals surface area contributed by atoms with Crippen molar-refractivity contribution in [1.82, 2.24) is 20.2 Å². The van der Waals surface area contributed by atoms with Gasteiger partial charge in [0.2, 0.25) is 0 Å². The number of hydrogen-bond donors (Lipinski definition) is 1. The summed E-state index contributed by atoms with van der Waals surface area (Å²) in [5, 5.41) is 11.4. The lowest BCUT2D eigenvalue weighted by Gasteiger charge is -2.08. The van der Waals surface area contributed by atoms with Crippen molar-refractivity contribution in [2.75, 3.05) is 0 Å². The smallest absolute Gasteiger partial charge is 0.164 e. The first-order valence-corrected chi connectivity index (χ1v) is 5.85. The zero-order valence-corrected chi connectivity index (χ0v) is 9.10. The van der Waals surface area contributed by atoms with Gasteiger partial charge in [0.05, 0.1) is 6.54 Å². The third-order valence-electron chi connectivity index (χ3n) is 3.25. The van der Waals surface area contributed by atoms with Crippen molar-refractivity contribution in [3.63, 3.8) is 0 Å². The number of aromatic nitrogens is 4. The molecule has 5 heteroatoms. The van der Waals surface area contributed by atoms with Crippen LogP contribution in [-0.2, 0) is 13.1 Å². The second-order valence-corrected chi connectivity index (χ2v) is 4.32. The minimum atomic E-state index is 0.427. The van der Waals surface area contributed by atoms with Gasteiger partial charge in [-0.2, -0.15) is 0 Å². The van der Waals surface area contributed by atoms with Crippen LogP contribution < -0.4 is 5.73 Å². The van der Waals surface area contributed by atoms with E-state index < -0.39 is 0 Å². The Labute approximate surface area is 90.0 Å². The molecule has 2 N–H and O–H groups in total.